The van der Waals surface area contributed by atoms with E-state index >= 15 is 0 Å². The molecule has 1 aliphatic rings. The maximum absolute atomic E-state index is 12.8. The number of hydrogen-bond acceptors (Lipinski definition) is 4. The van der Waals surface area contributed by atoms with E-state index in [9.17, 15) is 31.5 Å². The van der Waals surface area contributed by atoms with Crippen molar-refractivity contribution in [3.05, 3.63) is 33.8 Å². The topological polar surface area (TPSA) is 77.5 Å². The summed E-state index contributed by atoms with van der Waals surface area (Å²) in [6, 6.07) is 3.88. The predicted molar refractivity (Wildman–Crippen MR) is 74.1 cm³/mol. The summed E-state index contributed by atoms with van der Waals surface area (Å²) in [5, 5.41) is 11.0. The number of sulfonamides is 1. The van der Waals surface area contributed by atoms with Crippen molar-refractivity contribution in [2.45, 2.75) is 11.9 Å². The fourth-order valence-corrected chi connectivity index (χ4v) is 3.39. The van der Waals surface area contributed by atoms with Crippen molar-refractivity contribution in [1.82, 2.24) is 0 Å². The second-order valence-electron chi connectivity index (χ2n) is 4.43. The van der Waals surface area contributed by atoms with Crippen LogP contribution in [-0.2, 0) is 14.8 Å². The van der Waals surface area contributed by atoms with E-state index < -0.39 is 34.5 Å². The minimum atomic E-state index is -5.63. The second kappa shape index (κ2) is 5.58. The molecule has 120 valence electrons. The first-order chi connectivity index (χ1) is 10.0. The number of rotatable bonds is 2. The minimum Gasteiger partial charge on any atom is -0.545 e. The lowest BCUT2D eigenvalue weighted by Gasteiger charge is -2.25. The van der Waals surface area contributed by atoms with Crippen LogP contribution in [0.3, 0.4) is 0 Å². The SMILES string of the molecule is O=C([O-])C1=Cc2cc(Br)ccc2N(S(=O)(=O)C(F)(F)F)CC1. The highest BCUT2D eigenvalue weighted by molar-refractivity contribution is 9.10. The molecule has 0 amide bonds. The van der Waals surface area contributed by atoms with Crippen molar-refractivity contribution >= 4 is 43.7 Å². The van der Waals surface area contributed by atoms with Crippen LogP contribution in [0.1, 0.15) is 12.0 Å². The van der Waals surface area contributed by atoms with E-state index in [1.165, 1.54) is 18.2 Å². The highest BCUT2D eigenvalue weighted by Crippen LogP contribution is 2.36. The van der Waals surface area contributed by atoms with Gasteiger partial charge in [-0.3, -0.25) is 4.31 Å². The molecule has 10 heteroatoms. The number of carboxylic acid groups (broad SMARTS) is 1. The van der Waals surface area contributed by atoms with Crippen molar-refractivity contribution in [1.29, 1.82) is 0 Å². The lowest BCUT2D eigenvalue weighted by Crippen LogP contribution is -2.41. The predicted octanol–water partition coefficient (Wildman–Crippen LogP) is 1.64. The molecule has 2 rings (SSSR count). The van der Waals surface area contributed by atoms with Gasteiger partial charge in [-0.25, -0.2) is 0 Å². The third-order valence-electron chi connectivity index (χ3n) is 3.02. The van der Waals surface area contributed by atoms with Gasteiger partial charge >= 0.3 is 15.5 Å². The molecule has 1 aromatic rings. The quantitative estimate of drug-likeness (QED) is 0.758. The summed E-state index contributed by atoms with van der Waals surface area (Å²) in [5.74, 6) is -1.56. The number of aliphatic carboxylic acids is 1. The van der Waals surface area contributed by atoms with Crippen molar-refractivity contribution in [3.8, 4) is 0 Å². The van der Waals surface area contributed by atoms with Gasteiger partial charge in [-0.15, -0.1) is 0 Å². The molecule has 0 atom stereocenters. The van der Waals surface area contributed by atoms with Crippen LogP contribution in [0.25, 0.3) is 6.08 Å². The Balaban J connectivity index is 2.64. The van der Waals surface area contributed by atoms with Gasteiger partial charge in [0.1, 0.15) is 0 Å². The van der Waals surface area contributed by atoms with Crippen LogP contribution < -0.4 is 9.41 Å². The van der Waals surface area contributed by atoms with Crippen molar-refractivity contribution in [2.24, 2.45) is 0 Å². The highest BCUT2D eigenvalue weighted by Gasteiger charge is 2.50. The zero-order valence-corrected chi connectivity index (χ0v) is 13.1. The van der Waals surface area contributed by atoms with Gasteiger partial charge in [0.05, 0.1) is 11.7 Å². The highest BCUT2D eigenvalue weighted by atomic mass is 79.9. The first-order valence-electron chi connectivity index (χ1n) is 5.84. The number of benzene rings is 1. The molecule has 22 heavy (non-hydrogen) atoms. The maximum atomic E-state index is 12.8. The second-order valence-corrected chi connectivity index (χ2v) is 7.20. The van der Waals surface area contributed by atoms with Crippen molar-refractivity contribution < 1.29 is 31.5 Å². The Morgan fingerprint density at radius 1 is 1.32 bits per heavy atom. The Hall–Kier alpha value is -1.55. The molecule has 0 unspecified atom stereocenters. The van der Waals surface area contributed by atoms with Crippen LogP contribution in [0, 0.1) is 0 Å². The van der Waals surface area contributed by atoms with E-state index in [0.717, 1.165) is 6.08 Å². The molecule has 0 aliphatic carbocycles. The van der Waals surface area contributed by atoms with E-state index in [1.54, 1.807) is 0 Å². The summed E-state index contributed by atoms with van der Waals surface area (Å²) in [5.41, 5.74) is -5.96. The van der Waals surface area contributed by atoms with Gasteiger partial charge in [-0.2, -0.15) is 21.6 Å². The van der Waals surface area contributed by atoms with Gasteiger partial charge in [-0.05, 0) is 36.3 Å². The Morgan fingerprint density at radius 2 is 1.95 bits per heavy atom. The number of carbonyl (C=O) groups excluding carboxylic acids is 1. The van der Waals surface area contributed by atoms with E-state index in [-0.39, 0.29) is 21.1 Å². The minimum absolute atomic E-state index is 0.0406. The molecule has 1 aliphatic heterocycles. The normalized spacial score (nSPS) is 15.8. The Kier molecular flexibility index (Phi) is 4.26. The van der Waals surface area contributed by atoms with E-state index in [2.05, 4.69) is 15.9 Å². The standard InChI is InChI=1S/C12H9BrF3NO4S/c13-9-1-2-10-8(6-9)5-7(11(18)19)3-4-17(10)22(20,21)12(14,15)16/h1-2,5-6H,3-4H2,(H,18,19)/p-1. The molecule has 0 fully saturated rings. The third-order valence-corrected chi connectivity index (χ3v) is 5.05. The molecule has 0 radical (unpaired) electrons. The first kappa shape index (κ1) is 16.8. The van der Waals surface area contributed by atoms with Crippen LogP contribution in [-0.4, -0.2) is 26.4 Å². The third kappa shape index (κ3) is 2.98. The summed E-state index contributed by atoms with van der Waals surface area (Å²) in [6.45, 7) is -0.643. The van der Waals surface area contributed by atoms with Crippen LogP contribution >= 0.6 is 15.9 Å². The van der Waals surface area contributed by atoms with E-state index in [0.29, 0.717) is 4.47 Å². The molecule has 0 bridgehead atoms. The average molecular weight is 399 g/mol. The van der Waals surface area contributed by atoms with Crippen molar-refractivity contribution in [2.75, 3.05) is 10.8 Å². The largest absolute Gasteiger partial charge is 0.545 e. The fraction of sp³-hybridized carbons (Fsp3) is 0.250. The van der Waals surface area contributed by atoms with Gasteiger partial charge < -0.3 is 9.90 Å². The molecular formula is C12H8BrF3NO4S-. The lowest BCUT2D eigenvalue weighted by atomic mass is 10.1. The van der Waals surface area contributed by atoms with Gasteiger partial charge in [-0.1, -0.05) is 15.9 Å². The Morgan fingerprint density at radius 3 is 2.50 bits per heavy atom. The van der Waals surface area contributed by atoms with Crippen LogP contribution in [0.2, 0.25) is 0 Å². The Labute approximate surface area is 132 Å². The zero-order chi connectivity index (χ0) is 16.7. The van der Waals surface area contributed by atoms with Crippen LogP contribution in [0.5, 0.6) is 0 Å². The molecule has 0 spiro atoms. The average Bonchev–Trinajstić information content (AvgIpc) is 2.56. The smallest absolute Gasteiger partial charge is 0.516 e. The number of anilines is 1. The molecule has 1 heterocycles. The number of carbonyl (C=O) groups is 1. The number of nitrogens with zero attached hydrogens (tertiary/aromatic N) is 1. The van der Waals surface area contributed by atoms with Crippen molar-refractivity contribution in [3.63, 3.8) is 0 Å². The zero-order valence-electron chi connectivity index (χ0n) is 10.7. The fourth-order valence-electron chi connectivity index (χ4n) is 2.01. The molecule has 0 saturated carbocycles. The summed E-state index contributed by atoms with van der Waals surface area (Å²) in [7, 11) is -5.63. The molecule has 5 nitrogen and oxygen atoms in total. The van der Waals surface area contributed by atoms with Crippen LogP contribution in [0.15, 0.2) is 28.2 Å². The van der Waals surface area contributed by atoms with E-state index in [4.69, 9.17) is 0 Å². The number of halogens is 4. The molecule has 0 aromatic heterocycles. The molecule has 1 aromatic carbocycles. The van der Waals surface area contributed by atoms with E-state index in [1.807, 2.05) is 0 Å². The molecular weight excluding hydrogens is 391 g/mol. The summed E-state index contributed by atoms with van der Waals surface area (Å²) < 4.78 is 62.4. The van der Waals surface area contributed by atoms with Gasteiger partial charge in [0.2, 0.25) is 0 Å². The van der Waals surface area contributed by atoms with Gasteiger partial charge in [0.15, 0.2) is 0 Å². The summed E-state index contributed by atoms with van der Waals surface area (Å²) in [6.07, 6.45) is 0.714. The van der Waals surface area contributed by atoms with Crippen LogP contribution in [0.4, 0.5) is 18.9 Å². The summed E-state index contributed by atoms with van der Waals surface area (Å²) in [4.78, 5) is 11.0. The number of carboxylic acids is 1. The maximum Gasteiger partial charge on any atom is 0.516 e. The summed E-state index contributed by atoms with van der Waals surface area (Å²) >= 11 is 3.10. The Bertz CT molecular complexity index is 758. The lowest BCUT2D eigenvalue weighted by molar-refractivity contribution is -0.299. The number of fused-ring (bicyclic) bond motifs is 1. The van der Waals surface area contributed by atoms with Gasteiger partial charge in [0.25, 0.3) is 0 Å². The number of alkyl halides is 3. The molecule has 0 saturated heterocycles. The monoisotopic (exact) mass is 398 g/mol. The number of hydrogen-bond donors (Lipinski definition) is 0. The van der Waals surface area contributed by atoms with Gasteiger partial charge in [0, 0.05) is 16.6 Å². The molecule has 0 N–H and O–H groups in total. The first-order valence-corrected chi connectivity index (χ1v) is 8.08.